The average Bonchev–Trinajstić information content (AvgIpc) is 1.80. The molecule has 11 heavy (non-hydrogen) atoms. The zero-order valence-electron chi connectivity index (χ0n) is 6.99. The quantitative estimate of drug-likeness (QED) is 0.535. The first-order valence-electron chi connectivity index (χ1n) is 3.33. The smallest absolute Gasteiger partial charge is 0.105 e. The molecule has 0 aromatic rings. The highest BCUT2D eigenvalue weighted by molar-refractivity contribution is 9.11. The third-order valence-electron chi connectivity index (χ3n) is 1.11. The summed E-state index contributed by atoms with van der Waals surface area (Å²) in [5, 5.41) is 0. The first-order valence-corrected chi connectivity index (χ1v) is 4.12. The van der Waals surface area contributed by atoms with E-state index in [1.165, 1.54) is 12.2 Å². The summed E-state index contributed by atoms with van der Waals surface area (Å²) in [5.74, 6) is -0.181. The second kappa shape index (κ2) is 3.90. The normalized spacial score (nSPS) is 15.4. The first-order chi connectivity index (χ1) is 4.84. The van der Waals surface area contributed by atoms with Crippen molar-refractivity contribution in [3.05, 3.63) is 22.6 Å². The van der Waals surface area contributed by atoms with Gasteiger partial charge in [-0.15, -0.1) is 0 Å². The van der Waals surface area contributed by atoms with Crippen LogP contribution in [0.4, 0.5) is 4.39 Å². The maximum atomic E-state index is 13.0. The van der Waals surface area contributed by atoms with Gasteiger partial charge in [0.05, 0.1) is 4.61 Å². The van der Waals surface area contributed by atoms with Crippen LogP contribution in [0, 0.1) is 5.41 Å². The van der Waals surface area contributed by atoms with E-state index in [0.29, 0.717) is 4.61 Å². The zero-order chi connectivity index (χ0) is 9.07. The van der Waals surface area contributed by atoms with Crippen molar-refractivity contribution in [2.75, 3.05) is 0 Å². The molecule has 64 valence electrons. The van der Waals surface area contributed by atoms with Crippen LogP contribution in [0.25, 0.3) is 0 Å². The zero-order valence-corrected chi connectivity index (χ0v) is 8.57. The van der Waals surface area contributed by atoms with E-state index in [1.54, 1.807) is 20.8 Å². The molecule has 0 aromatic carbocycles. The van der Waals surface area contributed by atoms with Crippen LogP contribution < -0.4 is 5.73 Å². The Bertz CT molecular complexity index is 185. The van der Waals surface area contributed by atoms with Crippen molar-refractivity contribution in [2.45, 2.75) is 20.8 Å². The molecule has 0 amide bonds. The van der Waals surface area contributed by atoms with E-state index in [-0.39, 0.29) is 5.83 Å². The largest absolute Gasteiger partial charge is 0.393 e. The van der Waals surface area contributed by atoms with Crippen LogP contribution in [0.1, 0.15) is 20.8 Å². The third-order valence-corrected chi connectivity index (χ3v) is 1.37. The predicted molar refractivity (Wildman–Crippen MR) is 49.8 cm³/mol. The van der Waals surface area contributed by atoms with Crippen LogP contribution in [-0.4, -0.2) is 0 Å². The van der Waals surface area contributed by atoms with Crippen LogP contribution >= 0.6 is 15.9 Å². The number of hydrogen-bond donors (Lipinski definition) is 1. The predicted octanol–water partition coefficient (Wildman–Crippen LogP) is 3.08. The van der Waals surface area contributed by atoms with Gasteiger partial charge in [0.15, 0.2) is 0 Å². The topological polar surface area (TPSA) is 26.0 Å². The maximum Gasteiger partial charge on any atom is 0.105 e. The summed E-state index contributed by atoms with van der Waals surface area (Å²) in [5.41, 5.74) is 4.82. The van der Waals surface area contributed by atoms with Crippen molar-refractivity contribution in [1.29, 1.82) is 0 Å². The highest BCUT2D eigenvalue weighted by Crippen LogP contribution is 2.25. The number of halogens is 2. The van der Waals surface area contributed by atoms with Gasteiger partial charge < -0.3 is 5.73 Å². The highest BCUT2D eigenvalue weighted by atomic mass is 79.9. The Kier molecular flexibility index (Phi) is 3.79. The molecule has 1 nitrogen and oxygen atoms in total. The molecule has 0 aliphatic rings. The van der Waals surface area contributed by atoms with E-state index in [0.717, 1.165) is 0 Å². The van der Waals surface area contributed by atoms with Crippen LogP contribution in [0.2, 0.25) is 0 Å². The number of allylic oxidation sites excluding steroid dienone is 3. The Hall–Kier alpha value is -0.310. The summed E-state index contributed by atoms with van der Waals surface area (Å²) < 4.78 is 13.4. The minimum atomic E-state index is -0.432. The summed E-state index contributed by atoms with van der Waals surface area (Å²) in [4.78, 5) is 0. The van der Waals surface area contributed by atoms with Crippen molar-refractivity contribution >= 4 is 15.9 Å². The second-order valence-corrected chi connectivity index (χ2v) is 4.23. The Morgan fingerprint density at radius 2 is 1.82 bits per heavy atom. The van der Waals surface area contributed by atoms with Crippen LogP contribution in [0.15, 0.2) is 22.6 Å². The molecule has 0 saturated heterocycles. The summed E-state index contributed by atoms with van der Waals surface area (Å²) >= 11 is 3.00. The lowest BCUT2D eigenvalue weighted by atomic mass is 9.95. The molecule has 2 N–H and O–H groups in total. The van der Waals surface area contributed by atoms with Gasteiger partial charge in [-0.2, -0.15) is 0 Å². The second-order valence-electron chi connectivity index (χ2n) is 3.32. The van der Waals surface area contributed by atoms with Crippen molar-refractivity contribution < 1.29 is 4.39 Å². The molecular formula is C8H13BrFN. The van der Waals surface area contributed by atoms with E-state index in [1.807, 2.05) is 0 Å². The summed E-state index contributed by atoms with van der Waals surface area (Å²) in [6, 6.07) is 0. The fraction of sp³-hybridized carbons (Fsp3) is 0.500. The van der Waals surface area contributed by atoms with Gasteiger partial charge in [-0.05, 0) is 28.1 Å². The minimum Gasteiger partial charge on any atom is -0.393 e. The Labute approximate surface area is 75.3 Å². The van der Waals surface area contributed by atoms with E-state index in [2.05, 4.69) is 15.9 Å². The SMILES string of the molecule is CC(C)(C)/C(F)=C\C=C(/N)Br. The maximum absolute atomic E-state index is 13.0. The average molecular weight is 222 g/mol. The summed E-state index contributed by atoms with van der Waals surface area (Å²) in [6.07, 6.45) is 2.85. The molecule has 0 bridgehead atoms. The Morgan fingerprint density at radius 1 is 1.36 bits per heavy atom. The lowest BCUT2D eigenvalue weighted by Crippen LogP contribution is -2.04. The molecule has 0 spiro atoms. The van der Waals surface area contributed by atoms with Gasteiger partial charge in [0.1, 0.15) is 5.83 Å². The van der Waals surface area contributed by atoms with Gasteiger partial charge in [-0.25, -0.2) is 4.39 Å². The first kappa shape index (κ1) is 10.7. The van der Waals surface area contributed by atoms with Crippen molar-refractivity contribution in [2.24, 2.45) is 11.1 Å². The number of rotatable bonds is 1. The van der Waals surface area contributed by atoms with Gasteiger partial charge in [-0.1, -0.05) is 20.8 Å². The standard InChI is InChI=1S/C8H13BrFN/c1-8(2,3)6(10)4-5-7(9)11/h4-5H,11H2,1-3H3/b6-4+,7-5-. The number of hydrogen-bond acceptors (Lipinski definition) is 1. The molecule has 0 unspecified atom stereocenters. The summed E-state index contributed by atoms with van der Waals surface area (Å²) in [7, 11) is 0. The van der Waals surface area contributed by atoms with Gasteiger partial charge in [0, 0.05) is 5.41 Å². The summed E-state index contributed by atoms with van der Waals surface area (Å²) in [6.45, 7) is 5.41. The molecule has 0 rings (SSSR count). The molecular weight excluding hydrogens is 209 g/mol. The van der Waals surface area contributed by atoms with Gasteiger partial charge in [-0.3, -0.25) is 0 Å². The van der Waals surface area contributed by atoms with E-state index in [9.17, 15) is 4.39 Å². The van der Waals surface area contributed by atoms with E-state index in [4.69, 9.17) is 5.73 Å². The van der Waals surface area contributed by atoms with E-state index >= 15 is 0 Å². The van der Waals surface area contributed by atoms with Crippen molar-refractivity contribution in [1.82, 2.24) is 0 Å². The van der Waals surface area contributed by atoms with Crippen molar-refractivity contribution in [3.63, 3.8) is 0 Å². The van der Waals surface area contributed by atoms with Crippen LogP contribution in [-0.2, 0) is 0 Å². The molecule has 3 heteroatoms. The molecule has 0 aliphatic heterocycles. The Morgan fingerprint density at radius 3 is 2.09 bits per heavy atom. The molecule has 0 saturated carbocycles. The molecule has 0 radical (unpaired) electrons. The van der Waals surface area contributed by atoms with Crippen LogP contribution in [0.3, 0.4) is 0 Å². The Balaban J connectivity index is 4.36. The van der Waals surface area contributed by atoms with Gasteiger partial charge >= 0.3 is 0 Å². The molecule has 0 atom stereocenters. The molecule has 0 aromatic heterocycles. The fourth-order valence-corrected chi connectivity index (χ4v) is 0.535. The third kappa shape index (κ3) is 5.01. The fourth-order valence-electron chi connectivity index (χ4n) is 0.403. The van der Waals surface area contributed by atoms with E-state index < -0.39 is 5.41 Å². The molecule has 0 heterocycles. The lowest BCUT2D eigenvalue weighted by molar-refractivity contribution is 0.383. The number of nitrogens with two attached hydrogens (primary N) is 1. The highest BCUT2D eigenvalue weighted by Gasteiger charge is 2.15. The van der Waals surface area contributed by atoms with Gasteiger partial charge in [0.25, 0.3) is 0 Å². The minimum absolute atomic E-state index is 0.181. The van der Waals surface area contributed by atoms with Gasteiger partial charge in [0.2, 0.25) is 0 Å². The molecule has 0 fully saturated rings. The lowest BCUT2D eigenvalue weighted by Gasteiger charge is -2.14. The monoisotopic (exact) mass is 221 g/mol. The molecule has 0 aliphatic carbocycles. The van der Waals surface area contributed by atoms with Crippen LogP contribution in [0.5, 0.6) is 0 Å². The van der Waals surface area contributed by atoms with Crippen molar-refractivity contribution in [3.8, 4) is 0 Å².